The standard InChI is InChI=1S/C18H21N3O5S.ClH/c1-25-14-6-3-12(4-7-14)21-27(23,24)16-11-13(5-8-15(16)26-2)20-17(22)18(19)9-10-18;/h3-8,11,21H,9-10,19H2,1-2H3,(H,20,22);1H. The van der Waals surface area contributed by atoms with Crippen LogP contribution in [0.4, 0.5) is 11.4 Å². The molecule has 0 aliphatic heterocycles. The molecule has 152 valence electrons. The molecule has 0 aromatic heterocycles. The summed E-state index contributed by atoms with van der Waals surface area (Å²) in [7, 11) is -1.05. The van der Waals surface area contributed by atoms with E-state index in [-0.39, 0.29) is 29.0 Å². The largest absolute Gasteiger partial charge is 0.497 e. The summed E-state index contributed by atoms with van der Waals surface area (Å²) in [5.74, 6) is 0.429. The van der Waals surface area contributed by atoms with E-state index in [0.29, 0.717) is 30.0 Å². The van der Waals surface area contributed by atoms with E-state index in [0.717, 1.165) is 0 Å². The van der Waals surface area contributed by atoms with E-state index < -0.39 is 15.6 Å². The van der Waals surface area contributed by atoms with Gasteiger partial charge in [-0.05, 0) is 55.3 Å². The molecule has 8 nitrogen and oxygen atoms in total. The quantitative estimate of drug-likeness (QED) is 0.623. The molecule has 1 amide bonds. The van der Waals surface area contributed by atoms with Crippen LogP contribution in [0.5, 0.6) is 11.5 Å². The number of nitrogens with one attached hydrogen (secondary N) is 2. The molecule has 0 heterocycles. The van der Waals surface area contributed by atoms with Crippen LogP contribution in [0.25, 0.3) is 0 Å². The maximum Gasteiger partial charge on any atom is 0.265 e. The predicted octanol–water partition coefficient (Wildman–Crippen LogP) is 2.36. The third kappa shape index (κ3) is 4.67. The number of carbonyl (C=O) groups excluding carboxylic acids is 1. The first-order valence-electron chi connectivity index (χ1n) is 8.23. The predicted molar refractivity (Wildman–Crippen MR) is 109 cm³/mol. The lowest BCUT2D eigenvalue weighted by Crippen LogP contribution is -2.37. The van der Waals surface area contributed by atoms with Crippen LogP contribution in [0.2, 0.25) is 0 Å². The molecule has 0 spiro atoms. The fourth-order valence-corrected chi connectivity index (χ4v) is 3.71. The van der Waals surface area contributed by atoms with Crippen molar-refractivity contribution in [1.29, 1.82) is 0 Å². The summed E-state index contributed by atoms with van der Waals surface area (Å²) < 4.78 is 38.4. The SMILES string of the molecule is COc1ccc(NS(=O)(=O)c2cc(NC(=O)C3(N)CC3)ccc2OC)cc1.Cl. The highest BCUT2D eigenvalue weighted by Gasteiger charge is 2.46. The Kier molecular flexibility index (Phi) is 6.43. The van der Waals surface area contributed by atoms with Gasteiger partial charge in [0.15, 0.2) is 0 Å². The zero-order chi connectivity index (χ0) is 19.7. The number of amides is 1. The van der Waals surface area contributed by atoms with Gasteiger partial charge in [-0.1, -0.05) is 0 Å². The van der Waals surface area contributed by atoms with E-state index in [9.17, 15) is 13.2 Å². The van der Waals surface area contributed by atoms with Gasteiger partial charge in [0.05, 0.1) is 19.8 Å². The molecule has 2 aromatic carbocycles. The Balaban J connectivity index is 0.00000280. The van der Waals surface area contributed by atoms with Crippen molar-refractivity contribution < 1.29 is 22.7 Å². The molecular weight excluding hydrogens is 406 g/mol. The number of carbonyl (C=O) groups is 1. The summed E-state index contributed by atoms with van der Waals surface area (Å²) in [6, 6.07) is 10.8. The molecular formula is C18H22ClN3O5S. The molecule has 1 saturated carbocycles. The second-order valence-electron chi connectivity index (χ2n) is 6.31. The molecule has 0 saturated heterocycles. The number of ether oxygens (including phenoxy) is 2. The average Bonchev–Trinajstić information content (AvgIpc) is 3.41. The summed E-state index contributed by atoms with van der Waals surface area (Å²) in [6.45, 7) is 0. The maximum atomic E-state index is 12.8. The van der Waals surface area contributed by atoms with Crippen LogP contribution in [0.3, 0.4) is 0 Å². The third-order valence-electron chi connectivity index (χ3n) is 4.29. The maximum absolute atomic E-state index is 12.8. The highest BCUT2D eigenvalue weighted by molar-refractivity contribution is 7.92. The first kappa shape index (κ1) is 21.8. The minimum atomic E-state index is -3.95. The molecule has 0 atom stereocenters. The minimum Gasteiger partial charge on any atom is -0.497 e. The number of hydrogen-bond donors (Lipinski definition) is 3. The Morgan fingerprint density at radius 3 is 2.18 bits per heavy atom. The first-order valence-corrected chi connectivity index (χ1v) is 9.71. The van der Waals surface area contributed by atoms with Gasteiger partial charge in [0.1, 0.15) is 16.4 Å². The number of anilines is 2. The highest BCUT2D eigenvalue weighted by Crippen LogP contribution is 2.34. The summed E-state index contributed by atoms with van der Waals surface area (Å²) in [5, 5.41) is 2.66. The van der Waals surface area contributed by atoms with Crippen molar-refractivity contribution in [3.05, 3.63) is 42.5 Å². The summed E-state index contributed by atoms with van der Waals surface area (Å²) in [4.78, 5) is 12.0. The summed E-state index contributed by atoms with van der Waals surface area (Å²) in [6.07, 6.45) is 1.22. The van der Waals surface area contributed by atoms with Crippen LogP contribution in [-0.4, -0.2) is 34.1 Å². The summed E-state index contributed by atoms with van der Waals surface area (Å²) in [5.41, 5.74) is 5.70. The molecule has 3 rings (SSSR count). The van der Waals surface area contributed by atoms with E-state index in [1.54, 1.807) is 30.3 Å². The Labute approximate surface area is 169 Å². The Morgan fingerprint density at radius 1 is 1.04 bits per heavy atom. The van der Waals surface area contributed by atoms with Gasteiger partial charge < -0.3 is 20.5 Å². The Morgan fingerprint density at radius 2 is 1.64 bits per heavy atom. The van der Waals surface area contributed by atoms with Crippen LogP contribution in [0.15, 0.2) is 47.4 Å². The molecule has 1 aliphatic rings. The van der Waals surface area contributed by atoms with Crippen LogP contribution in [0, 0.1) is 0 Å². The monoisotopic (exact) mass is 427 g/mol. The fourth-order valence-electron chi connectivity index (χ4n) is 2.45. The second kappa shape index (κ2) is 8.26. The Hall–Kier alpha value is -2.49. The molecule has 0 unspecified atom stereocenters. The third-order valence-corrected chi connectivity index (χ3v) is 5.70. The molecule has 4 N–H and O–H groups in total. The van der Waals surface area contributed by atoms with Crippen molar-refractivity contribution in [2.45, 2.75) is 23.3 Å². The number of rotatable bonds is 7. The van der Waals surface area contributed by atoms with E-state index in [4.69, 9.17) is 15.2 Å². The number of methoxy groups -OCH3 is 2. The molecule has 1 fully saturated rings. The lowest BCUT2D eigenvalue weighted by atomic mass is 10.2. The summed E-state index contributed by atoms with van der Waals surface area (Å²) >= 11 is 0. The van der Waals surface area contributed by atoms with E-state index >= 15 is 0 Å². The van der Waals surface area contributed by atoms with E-state index in [1.165, 1.54) is 26.4 Å². The van der Waals surface area contributed by atoms with Gasteiger partial charge in [0, 0.05) is 11.4 Å². The van der Waals surface area contributed by atoms with Crippen molar-refractivity contribution in [2.75, 3.05) is 24.3 Å². The fraction of sp³-hybridized carbons (Fsp3) is 0.278. The Bertz CT molecular complexity index is 960. The van der Waals surface area contributed by atoms with Crippen molar-refractivity contribution >= 4 is 39.7 Å². The van der Waals surface area contributed by atoms with Gasteiger partial charge in [0.2, 0.25) is 5.91 Å². The van der Waals surface area contributed by atoms with Gasteiger partial charge in [-0.3, -0.25) is 9.52 Å². The van der Waals surface area contributed by atoms with Crippen LogP contribution in [-0.2, 0) is 14.8 Å². The normalized spacial score (nSPS) is 14.4. The number of hydrogen-bond acceptors (Lipinski definition) is 6. The topological polar surface area (TPSA) is 120 Å². The second-order valence-corrected chi connectivity index (χ2v) is 7.96. The van der Waals surface area contributed by atoms with Gasteiger partial charge in [-0.2, -0.15) is 0 Å². The van der Waals surface area contributed by atoms with Crippen molar-refractivity contribution in [3.8, 4) is 11.5 Å². The molecule has 2 aromatic rings. The van der Waals surface area contributed by atoms with Crippen molar-refractivity contribution in [3.63, 3.8) is 0 Å². The van der Waals surface area contributed by atoms with Crippen LogP contribution in [0.1, 0.15) is 12.8 Å². The van der Waals surface area contributed by atoms with Crippen molar-refractivity contribution in [2.24, 2.45) is 5.73 Å². The lowest BCUT2D eigenvalue weighted by molar-refractivity contribution is -0.118. The van der Waals surface area contributed by atoms with E-state index in [1.807, 2.05) is 0 Å². The smallest absolute Gasteiger partial charge is 0.265 e. The van der Waals surface area contributed by atoms with Gasteiger partial charge in [0.25, 0.3) is 10.0 Å². The number of halogens is 1. The van der Waals surface area contributed by atoms with Crippen LogP contribution < -0.4 is 25.2 Å². The highest BCUT2D eigenvalue weighted by atomic mass is 35.5. The van der Waals surface area contributed by atoms with Crippen LogP contribution >= 0.6 is 12.4 Å². The molecule has 10 heteroatoms. The average molecular weight is 428 g/mol. The van der Waals surface area contributed by atoms with E-state index in [2.05, 4.69) is 10.0 Å². The van der Waals surface area contributed by atoms with Gasteiger partial charge in [-0.25, -0.2) is 8.42 Å². The molecule has 1 aliphatic carbocycles. The zero-order valence-corrected chi connectivity index (χ0v) is 17.0. The molecule has 0 bridgehead atoms. The number of sulfonamides is 1. The van der Waals surface area contributed by atoms with Gasteiger partial charge in [-0.15, -0.1) is 12.4 Å². The number of nitrogens with two attached hydrogens (primary N) is 1. The number of benzene rings is 2. The zero-order valence-electron chi connectivity index (χ0n) is 15.4. The lowest BCUT2D eigenvalue weighted by Gasteiger charge is -2.15. The minimum absolute atomic E-state index is 0. The first-order chi connectivity index (χ1) is 12.8. The molecule has 0 radical (unpaired) electrons. The van der Waals surface area contributed by atoms with Gasteiger partial charge >= 0.3 is 0 Å². The molecule has 28 heavy (non-hydrogen) atoms. The van der Waals surface area contributed by atoms with Crippen molar-refractivity contribution in [1.82, 2.24) is 0 Å².